The van der Waals surface area contributed by atoms with Gasteiger partial charge >= 0.3 is 0 Å². The smallest absolute Gasteiger partial charge is 0.131 e. The van der Waals surface area contributed by atoms with Crippen molar-refractivity contribution in [2.24, 2.45) is 5.92 Å². The van der Waals surface area contributed by atoms with Crippen molar-refractivity contribution < 1.29 is 4.74 Å². The number of nitrogens with zero attached hydrogens (tertiary/aromatic N) is 2. The van der Waals surface area contributed by atoms with Gasteiger partial charge in [0.25, 0.3) is 0 Å². The molecule has 2 heterocycles. The van der Waals surface area contributed by atoms with E-state index in [1.54, 1.807) is 6.07 Å². The average Bonchev–Trinajstić information content (AvgIpc) is 2.63. The summed E-state index contributed by atoms with van der Waals surface area (Å²) in [5.74, 6) is 1.45. The Bertz CT molecular complexity index is 345. The third kappa shape index (κ3) is 2.24. The van der Waals surface area contributed by atoms with Gasteiger partial charge in [-0.15, -0.1) is 0 Å². The Morgan fingerprint density at radius 1 is 1.47 bits per heavy atom. The summed E-state index contributed by atoms with van der Waals surface area (Å²) >= 11 is 5.86. The van der Waals surface area contributed by atoms with E-state index < -0.39 is 0 Å². The van der Waals surface area contributed by atoms with Gasteiger partial charge in [-0.25, -0.2) is 4.98 Å². The van der Waals surface area contributed by atoms with Crippen molar-refractivity contribution >= 4 is 17.4 Å². The van der Waals surface area contributed by atoms with Gasteiger partial charge < -0.3 is 9.64 Å². The molecule has 0 N–H and O–H groups in total. The van der Waals surface area contributed by atoms with Crippen LogP contribution in [-0.4, -0.2) is 31.3 Å². The molecule has 1 aromatic rings. The minimum absolute atomic E-state index is 0.399. The first-order valence-corrected chi connectivity index (χ1v) is 5.49. The van der Waals surface area contributed by atoms with Crippen LogP contribution in [0.15, 0.2) is 18.2 Å². The SMILES string of the molecule is CC1COCC1N(C)c1cccc(Cl)n1. The fourth-order valence-electron chi connectivity index (χ4n) is 1.91. The molecule has 0 bridgehead atoms. The van der Waals surface area contributed by atoms with Crippen LogP contribution in [0.25, 0.3) is 0 Å². The summed E-state index contributed by atoms with van der Waals surface area (Å²) in [6.07, 6.45) is 0. The van der Waals surface area contributed by atoms with Gasteiger partial charge in [0, 0.05) is 13.0 Å². The summed E-state index contributed by atoms with van der Waals surface area (Å²) in [6.45, 7) is 3.79. The van der Waals surface area contributed by atoms with Crippen LogP contribution in [-0.2, 0) is 4.74 Å². The van der Waals surface area contributed by atoms with E-state index in [9.17, 15) is 0 Å². The van der Waals surface area contributed by atoms with E-state index in [-0.39, 0.29) is 0 Å². The monoisotopic (exact) mass is 226 g/mol. The second-order valence-electron chi connectivity index (χ2n) is 4.01. The zero-order chi connectivity index (χ0) is 10.8. The third-order valence-corrected chi connectivity index (χ3v) is 3.10. The van der Waals surface area contributed by atoms with Crippen molar-refractivity contribution in [1.29, 1.82) is 0 Å². The van der Waals surface area contributed by atoms with Gasteiger partial charge in [-0.3, -0.25) is 0 Å². The number of hydrogen-bond donors (Lipinski definition) is 0. The minimum Gasteiger partial charge on any atom is -0.379 e. The summed E-state index contributed by atoms with van der Waals surface area (Å²) in [6, 6.07) is 6.07. The Morgan fingerprint density at radius 3 is 2.87 bits per heavy atom. The number of pyridine rings is 1. The van der Waals surface area contributed by atoms with Crippen LogP contribution in [0.4, 0.5) is 5.82 Å². The molecule has 2 rings (SSSR count). The molecule has 4 heteroatoms. The molecule has 1 aromatic heterocycles. The number of anilines is 1. The number of likely N-dealkylation sites (N-methyl/N-ethyl adjacent to an activating group) is 1. The Morgan fingerprint density at radius 2 is 2.27 bits per heavy atom. The highest BCUT2D eigenvalue weighted by atomic mass is 35.5. The fraction of sp³-hybridized carbons (Fsp3) is 0.545. The van der Waals surface area contributed by atoms with Crippen molar-refractivity contribution in [3.05, 3.63) is 23.4 Å². The first-order chi connectivity index (χ1) is 7.18. The van der Waals surface area contributed by atoms with Gasteiger partial charge in [0.1, 0.15) is 11.0 Å². The largest absolute Gasteiger partial charge is 0.379 e. The average molecular weight is 227 g/mol. The molecule has 0 amide bonds. The molecular weight excluding hydrogens is 212 g/mol. The first-order valence-electron chi connectivity index (χ1n) is 5.11. The lowest BCUT2D eigenvalue weighted by atomic mass is 10.1. The standard InChI is InChI=1S/C11H15ClN2O/c1-8-6-15-7-9(8)14(2)11-5-3-4-10(12)13-11/h3-5,8-9H,6-7H2,1-2H3. The molecule has 0 radical (unpaired) electrons. The molecule has 15 heavy (non-hydrogen) atoms. The zero-order valence-electron chi connectivity index (χ0n) is 8.98. The minimum atomic E-state index is 0.399. The van der Waals surface area contributed by atoms with E-state index >= 15 is 0 Å². The van der Waals surface area contributed by atoms with E-state index in [2.05, 4.69) is 16.8 Å². The highest BCUT2D eigenvalue weighted by Gasteiger charge is 2.28. The third-order valence-electron chi connectivity index (χ3n) is 2.89. The van der Waals surface area contributed by atoms with Crippen LogP contribution in [0.5, 0.6) is 0 Å². The van der Waals surface area contributed by atoms with E-state index in [0.717, 1.165) is 19.0 Å². The van der Waals surface area contributed by atoms with Crippen LogP contribution in [0.3, 0.4) is 0 Å². The van der Waals surface area contributed by atoms with Crippen LogP contribution >= 0.6 is 11.6 Å². The first kappa shape index (κ1) is 10.7. The lowest BCUT2D eigenvalue weighted by molar-refractivity contribution is 0.186. The molecule has 2 atom stereocenters. The van der Waals surface area contributed by atoms with Crippen molar-refractivity contribution in [3.63, 3.8) is 0 Å². The summed E-state index contributed by atoms with van der Waals surface area (Å²) in [5.41, 5.74) is 0. The molecule has 2 unspecified atom stereocenters. The maximum atomic E-state index is 5.86. The molecule has 0 spiro atoms. The molecule has 1 fully saturated rings. The molecule has 0 aromatic carbocycles. The maximum Gasteiger partial charge on any atom is 0.131 e. The lowest BCUT2D eigenvalue weighted by Gasteiger charge is -2.27. The van der Waals surface area contributed by atoms with E-state index in [4.69, 9.17) is 16.3 Å². The Hall–Kier alpha value is -0.800. The predicted molar refractivity (Wildman–Crippen MR) is 61.4 cm³/mol. The van der Waals surface area contributed by atoms with Gasteiger partial charge in [0.15, 0.2) is 0 Å². The van der Waals surface area contributed by atoms with Crippen molar-refractivity contribution in [2.45, 2.75) is 13.0 Å². The summed E-state index contributed by atoms with van der Waals surface area (Å²) in [7, 11) is 2.04. The number of hydrogen-bond acceptors (Lipinski definition) is 3. The molecule has 82 valence electrons. The molecule has 1 saturated heterocycles. The number of ether oxygens (including phenoxy) is 1. The highest BCUT2D eigenvalue weighted by Crippen LogP contribution is 2.23. The van der Waals surface area contributed by atoms with Crippen LogP contribution in [0, 0.1) is 5.92 Å². The van der Waals surface area contributed by atoms with Gasteiger partial charge in [0.05, 0.1) is 19.3 Å². The predicted octanol–water partition coefficient (Wildman–Crippen LogP) is 2.21. The van der Waals surface area contributed by atoms with Crippen LogP contribution < -0.4 is 4.90 Å². The second-order valence-corrected chi connectivity index (χ2v) is 4.40. The zero-order valence-corrected chi connectivity index (χ0v) is 9.74. The molecule has 0 saturated carbocycles. The quantitative estimate of drug-likeness (QED) is 0.723. The Labute approximate surface area is 95.0 Å². The molecule has 3 nitrogen and oxygen atoms in total. The summed E-state index contributed by atoms with van der Waals surface area (Å²) in [4.78, 5) is 6.43. The number of aromatic nitrogens is 1. The maximum absolute atomic E-state index is 5.86. The second kappa shape index (κ2) is 4.37. The van der Waals surface area contributed by atoms with E-state index in [0.29, 0.717) is 17.1 Å². The van der Waals surface area contributed by atoms with Crippen molar-refractivity contribution in [1.82, 2.24) is 4.98 Å². The van der Waals surface area contributed by atoms with Gasteiger partial charge in [-0.05, 0) is 12.1 Å². The van der Waals surface area contributed by atoms with Gasteiger partial charge in [-0.2, -0.15) is 0 Å². The van der Waals surface area contributed by atoms with Gasteiger partial charge in [-0.1, -0.05) is 24.6 Å². The molecular formula is C11H15ClN2O. The van der Waals surface area contributed by atoms with Crippen LogP contribution in [0.2, 0.25) is 5.15 Å². The van der Waals surface area contributed by atoms with E-state index in [1.165, 1.54) is 0 Å². The van der Waals surface area contributed by atoms with E-state index in [1.807, 2.05) is 19.2 Å². The fourth-order valence-corrected chi connectivity index (χ4v) is 2.07. The topological polar surface area (TPSA) is 25.4 Å². The number of halogens is 1. The Kier molecular flexibility index (Phi) is 3.12. The normalized spacial score (nSPS) is 25.5. The molecule has 1 aliphatic rings. The summed E-state index contributed by atoms with van der Waals surface area (Å²) < 4.78 is 5.44. The van der Waals surface area contributed by atoms with Crippen LogP contribution in [0.1, 0.15) is 6.92 Å². The van der Waals surface area contributed by atoms with Gasteiger partial charge in [0.2, 0.25) is 0 Å². The highest BCUT2D eigenvalue weighted by molar-refractivity contribution is 6.29. The van der Waals surface area contributed by atoms with Crippen molar-refractivity contribution in [2.75, 3.05) is 25.2 Å². The molecule has 0 aliphatic carbocycles. The lowest BCUT2D eigenvalue weighted by Crippen LogP contribution is -2.36. The Balaban J connectivity index is 2.16. The summed E-state index contributed by atoms with van der Waals surface area (Å²) in [5, 5.41) is 0.533. The number of rotatable bonds is 2. The molecule has 1 aliphatic heterocycles. The van der Waals surface area contributed by atoms with Crippen molar-refractivity contribution in [3.8, 4) is 0 Å².